The second-order valence-electron chi connectivity index (χ2n) is 6.87. The number of carboxylic acid groups (broad SMARTS) is 1. The highest BCUT2D eigenvalue weighted by Gasteiger charge is 2.22. The zero-order valence-corrected chi connectivity index (χ0v) is 16.1. The number of rotatable bonds is 7. The largest absolute Gasteiger partial charge is 0.496 e. The van der Waals surface area contributed by atoms with Gasteiger partial charge in [-0.05, 0) is 68.5 Å². The standard InChI is InChI=1S/C22H26N2O3/c1-13-10-11-16(22(25)26)18-15(8-4-5-12-23)20(24-19(13)18)17-9-6-7-14(2)21(17)27-3/h6-7,9-11,24H,4-5,8,12,23H2,1-3H3,(H,25,26). The van der Waals surface area contributed by atoms with Crippen LogP contribution in [0.5, 0.6) is 5.75 Å². The summed E-state index contributed by atoms with van der Waals surface area (Å²) in [6.45, 7) is 4.62. The Morgan fingerprint density at radius 3 is 2.59 bits per heavy atom. The van der Waals surface area contributed by atoms with Crippen LogP contribution in [0.3, 0.4) is 0 Å². The first-order chi connectivity index (χ1) is 13.0. The van der Waals surface area contributed by atoms with Crippen molar-refractivity contribution < 1.29 is 14.6 Å². The van der Waals surface area contributed by atoms with Gasteiger partial charge in [0.1, 0.15) is 5.75 Å². The molecule has 0 spiro atoms. The highest BCUT2D eigenvalue weighted by Crippen LogP contribution is 2.40. The Morgan fingerprint density at radius 1 is 1.15 bits per heavy atom. The fourth-order valence-corrected chi connectivity index (χ4v) is 3.73. The molecule has 0 aliphatic carbocycles. The summed E-state index contributed by atoms with van der Waals surface area (Å²) in [5.41, 5.74) is 11.8. The molecule has 1 aromatic heterocycles. The summed E-state index contributed by atoms with van der Waals surface area (Å²) < 4.78 is 5.66. The van der Waals surface area contributed by atoms with Crippen molar-refractivity contribution in [2.24, 2.45) is 5.73 Å². The molecule has 3 rings (SSSR count). The SMILES string of the molecule is COc1c(C)cccc1-c1[nH]c2c(C)ccc(C(=O)O)c2c1CCCCN. The highest BCUT2D eigenvalue weighted by molar-refractivity contribution is 6.07. The van der Waals surface area contributed by atoms with E-state index < -0.39 is 5.97 Å². The summed E-state index contributed by atoms with van der Waals surface area (Å²) in [5, 5.41) is 10.5. The van der Waals surface area contributed by atoms with Crippen LogP contribution in [0.4, 0.5) is 0 Å². The Kier molecular flexibility index (Phi) is 5.51. The zero-order valence-electron chi connectivity index (χ0n) is 16.1. The number of fused-ring (bicyclic) bond motifs is 1. The molecule has 27 heavy (non-hydrogen) atoms. The van der Waals surface area contributed by atoms with E-state index in [0.29, 0.717) is 12.1 Å². The topological polar surface area (TPSA) is 88.3 Å². The number of nitrogens with one attached hydrogen (secondary N) is 1. The number of methoxy groups -OCH3 is 1. The van der Waals surface area contributed by atoms with Crippen molar-refractivity contribution in [2.75, 3.05) is 13.7 Å². The van der Waals surface area contributed by atoms with Gasteiger partial charge in [-0.1, -0.05) is 18.2 Å². The molecule has 4 N–H and O–H groups in total. The molecule has 0 saturated heterocycles. The molecule has 0 saturated carbocycles. The molecule has 1 heterocycles. The number of carboxylic acids is 1. The lowest BCUT2D eigenvalue weighted by atomic mass is 9.95. The number of carbonyl (C=O) groups is 1. The Labute approximate surface area is 159 Å². The average molecular weight is 366 g/mol. The number of nitrogens with two attached hydrogens (primary N) is 1. The summed E-state index contributed by atoms with van der Waals surface area (Å²) in [5.74, 6) is -0.111. The third-order valence-corrected chi connectivity index (χ3v) is 5.06. The van der Waals surface area contributed by atoms with Crippen LogP contribution in [-0.2, 0) is 6.42 Å². The second-order valence-corrected chi connectivity index (χ2v) is 6.87. The summed E-state index contributed by atoms with van der Waals surface area (Å²) >= 11 is 0. The number of unbranched alkanes of at least 4 members (excludes halogenated alkanes) is 1. The van der Waals surface area contributed by atoms with Crippen LogP contribution >= 0.6 is 0 Å². The van der Waals surface area contributed by atoms with Gasteiger partial charge < -0.3 is 20.6 Å². The lowest BCUT2D eigenvalue weighted by molar-refractivity contribution is 0.0699. The summed E-state index contributed by atoms with van der Waals surface area (Å²) in [6.07, 6.45) is 2.55. The molecule has 0 bridgehead atoms. The Balaban J connectivity index is 2.34. The molecule has 3 aromatic rings. The van der Waals surface area contributed by atoms with Crippen molar-refractivity contribution in [2.45, 2.75) is 33.1 Å². The van der Waals surface area contributed by atoms with E-state index in [1.54, 1.807) is 13.2 Å². The number of hydrogen-bond donors (Lipinski definition) is 3. The number of aromatic carboxylic acids is 1. The minimum atomic E-state index is -0.915. The van der Waals surface area contributed by atoms with E-state index in [2.05, 4.69) is 4.98 Å². The first-order valence-electron chi connectivity index (χ1n) is 9.21. The van der Waals surface area contributed by atoms with Gasteiger partial charge in [0.2, 0.25) is 0 Å². The molecular weight excluding hydrogens is 340 g/mol. The number of hydrogen-bond acceptors (Lipinski definition) is 3. The summed E-state index contributed by atoms with van der Waals surface area (Å²) in [4.78, 5) is 15.4. The number of aromatic amines is 1. The number of benzene rings is 2. The summed E-state index contributed by atoms with van der Waals surface area (Å²) in [7, 11) is 1.66. The Bertz CT molecular complexity index is 989. The molecule has 142 valence electrons. The van der Waals surface area contributed by atoms with Crippen LogP contribution in [0.25, 0.3) is 22.2 Å². The molecule has 5 nitrogen and oxygen atoms in total. The summed E-state index contributed by atoms with van der Waals surface area (Å²) in [6, 6.07) is 9.56. The molecule has 0 radical (unpaired) electrons. The highest BCUT2D eigenvalue weighted by atomic mass is 16.5. The Morgan fingerprint density at radius 2 is 1.93 bits per heavy atom. The van der Waals surface area contributed by atoms with E-state index in [1.165, 1.54) is 0 Å². The quantitative estimate of drug-likeness (QED) is 0.539. The van der Waals surface area contributed by atoms with E-state index in [0.717, 1.165) is 63.9 Å². The maximum atomic E-state index is 11.9. The van der Waals surface area contributed by atoms with Gasteiger partial charge in [-0.15, -0.1) is 0 Å². The first kappa shape index (κ1) is 19.0. The first-order valence-corrected chi connectivity index (χ1v) is 9.21. The molecule has 0 amide bonds. The number of aromatic nitrogens is 1. The number of para-hydroxylation sites is 1. The van der Waals surface area contributed by atoms with Crippen molar-refractivity contribution in [1.82, 2.24) is 4.98 Å². The predicted molar refractivity (Wildman–Crippen MR) is 109 cm³/mol. The van der Waals surface area contributed by atoms with Crippen molar-refractivity contribution in [3.05, 3.63) is 52.6 Å². The van der Waals surface area contributed by atoms with Crippen LogP contribution in [-0.4, -0.2) is 29.7 Å². The van der Waals surface area contributed by atoms with Gasteiger partial charge in [-0.2, -0.15) is 0 Å². The second kappa shape index (κ2) is 7.84. The molecular formula is C22H26N2O3. The van der Waals surface area contributed by atoms with Crippen LogP contribution in [0.2, 0.25) is 0 Å². The molecule has 2 aromatic carbocycles. The normalized spacial score (nSPS) is 11.1. The molecule has 0 unspecified atom stereocenters. The lowest BCUT2D eigenvalue weighted by Crippen LogP contribution is -2.02. The molecule has 0 aliphatic heterocycles. The average Bonchev–Trinajstić information content (AvgIpc) is 3.02. The maximum absolute atomic E-state index is 11.9. The van der Waals surface area contributed by atoms with Gasteiger partial charge >= 0.3 is 5.97 Å². The third kappa shape index (κ3) is 3.43. The van der Waals surface area contributed by atoms with Gasteiger partial charge in [-0.3, -0.25) is 0 Å². The van der Waals surface area contributed by atoms with Crippen molar-refractivity contribution in [3.8, 4) is 17.0 Å². The van der Waals surface area contributed by atoms with Crippen LogP contribution < -0.4 is 10.5 Å². The lowest BCUT2D eigenvalue weighted by Gasteiger charge is -2.12. The Hall–Kier alpha value is -2.79. The van der Waals surface area contributed by atoms with Crippen molar-refractivity contribution >= 4 is 16.9 Å². The number of H-pyrrole nitrogens is 1. The monoisotopic (exact) mass is 366 g/mol. The molecule has 5 heteroatoms. The fourth-order valence-electron chi connectivity index (χ4n) is 3.73. The van der Waals surface area contributed by atoms with Gasteiger partial charge in [-0.25, -0.2) is 4.79 Å². The zero-order chi connectivity index (χ0) is 19.6. The molecule has 0 fully saturated rings. The van der Waals surface area contributed by atoms with Crippen LogP contribution in [0, 0.1) is 13.8 Å². The van der Waals surface area contributed by atoms with Crippen molar-refractivity contribution in [1.29, 1.82) is 0 Å². The number of aryl methyl sites for hydroxylation is 3. The predicted octanol–water partition coefficient (Wildman–Crippen LogP) is 4.44. The number of ether oxygens (including phenoxy) is 1. The maximum Gasteiger partial charge on any atom is 0.336 e. The van der Waals surface area contributed by atoms with E-state index in [4.69, 9.17) is 10.5 Å². The van der Waals surface area contributed by atoms with E-state index in [-0.39, 0.29) is 0 Å². The minimum absolute atomic E-state index is 0.326. The van der Waals surface area contributed by atoms with Gasteiger partial charge in [0.25, 0.3) is 0 Å². The van der Waals surface area contributed by atoms with Crippen LogP contribution in [0.1, 0.15) is 39.9 Å². The van der Waals surface area contributed by atoms with Gasteiger partial charge in [0, 0.05) is 16.5 Å². The molecule has 0 aliphatic rings. The van der Waals surface area contributed by atoms with E-state index in [1.807, 2.05) is 38.1 Å². The fraction of sp³-hybridized carbons (Fsp3) is 0.318. The van der Waals surface area contributed by atoms with Crippen LogP contribution in [0.15, 0.2) is 30.3 Å². The molecule has 0 atom stereocenters. The van der Waals surface area contributed by atoms with E-state index >= 15 is 0 Å². The van der Waals surface area contributed by atoms with Gasteiger partial charge in [0.15, 0.2) is 0 Å². The minimum Gasteiger partial charge on any atom is -0.496 e. The third-order valence-electron chi connectivity index (χ3n) is 5.06. The van der Waals surface area contributed by atoms with E-state index in [9.17, 15) is 9.90 Å². The smallest absolute Gasteiger partial charge is 0.336 e. The van der Waals surface area contributed by atoms with Crippen molar-refractivity contribution in [3.63, 3.8) is 0 Å². The van der Waals surface area contributed by atoms with Gasteiger partial charge in [0.05, 0.1) is 18.4 Å².